The maximum atomic E-state index is 14.1. The number of hydrogen-bond donors (Lipinski definition) is 3. The van der Waals surface area contributed by atoms with E-state index in [0.29, 0.717) is 43.7 Å². The Labute approximate surface area is 255 Å². The molecule has 0 unspecified atom stereocenters. The van der Waals surface area contributed by atoms with E-state index in [1.54, 1.807) is 25.3 Å². The quantitative estimate of drug-likeness (QED) is 0.149. The van der Waals surface area contributed by atoms with Crippen molar-refractivity contribution in [1.82, 2.24) is 0 Å². The van der Waals surface area contributed by atoms with Gasteiger partial charge in [-0.25, -0.2) is 4.39 Å². The summed E-state index contributed by atoms with van der Waals surface area (Å²) < 4.78 is 26.0. The van der Waals surface area contributed by atoms with Crippen LogP contribution >= 0.6 is 0 Å². The number of methoxy groups -OCH3 is 1. The number of anilines is 1. The van der Waals surface area contributed by atoms with Gasteiger partial charge in [0.25, 0.3) is 0 Å². The van der Waals surface area contributed by atoms with Crippen LogP contribution < -0.4 is 10.4 Å². The van der Waals surface area contributed by atoms with Crippen LogP contribution in [-0.2, 0) is 19.1 Å². The normalized spacial score (nSPS) is 23.3. The van der Waals surface area contributed by atoms with Crippen LogP contribution in [0.4, 0.5) is 10.1 Å². The number of allylic oxidation sites excluding steroid dienone is 1. The van der Waals surface area contributed by atoms with Crippen LogP contribution in [0.15, 0.2) is 83.9 Å². The van der Waals surface area contributed by atoms with Gasteiger partial charge in [0.1, 0.15) is 0 Å². The molecule has 10 heteroatoms. The molecule has 6 rings (SSSR count). The summed E-state index contributed by atoms with van der Waals surface area (Å²) >= 11 is 0. The third-order valence-electron chi connectivity index (χ3n) is 8.89. The molecule has 2 fully saturated rings. The summed E-state index contributed by atoms with van der Waals surface area (Å²) in [4.78, 5) is 28.7. The van der Waals surface area contributed by atoms with Gasteiger partial charge in [-0.05, 0) is 76.8 Å². The largest absolute Gasteiger partial charge is 0.505 e. The first-order valence-electron chi connectivity index (χ1n) is 14.7. The van der Waals surface area contributed by atoms with E-state index in [9.17, 15) is 29.1 Å². The molecule has 2 saturated heterocycles. The van der Waals surface area contributed by atoms with Crippen molar-refractivity contribution in [2.75, 3.05) is 25.2 Å². The lowest BCUT2D eigenvalue weighted by Gasteiger charge is -2.31. The number of aromatic hydroxyl groups is 1. The lowest BCUT2D eigenvalue weighted by atomic mass is 9.69. The average molecular weight is 597 g/mol. The van der Waals surface area contributed by atoms with E-state index < -0.39 is 30.5 Å². The first kappa shape index (κ1) is 30.0. The highest BCUT2D eigenvalue weighted by atomic mass is 19.1. The molecular formula is C34H33BFNO7. The number of fused-ring (bicyclic) bond motifs is 3. The van der Waals surface area contributed by atoms with Gasteiger partial charge in [0.05, 0.1) is 36.8 Å². The summed E-state index contributed by atoms with van der Waals surface area (Å²) in [6.45, 7) is 0.612. The molecule has 0 spiro atoms. The van der Waals surface area contributed by atoms with Gasteiger partial charge >= 0.3 is 7.12 Å². The van der Waals surface area contributed by atoms with E-state index in [2.05, 4.69) is 0 Å². The van der Waals surface area contributed by atoms with Gasteiger partial charge in [-0.15, -0.1) is 0 Å². The monoisotopic (exact) mass is 597 g/mol. The van der Waals surface area contributed by atoms with Gasteiger partial charge in [0.15, 0.2) is 11.6 Å². The van der Waals surface area contributed by atoms with Gasteiger partial charge in [-0.2, -0.15) is 0 Å². The Morgan fingerprint density at radius 3 is 2.57 bits per heavy atom. The van der Waals surface area contributed by atoms with Crippen LogP contribution in [0.1, 0.15) is 30.4 Å². The topological polar surface area (TPSA) is 117 Å². The number of phenolic OH excluding ortho intramolecular Hbond substituents is 1. The number of halogens is 1. The van der Waals surface area contributed by atoms with Crippen LogP contribution in [0.5, 0.6) is 5.75 Å². The molecule has 44 heavy (non-hydrogen) atoms. The van der Waals surface area contributed by atoms with Crippen molar-refractivity contribution in [3.63, 3.8) is 0 Å². The second-order valence-corrected chi connectivity index (χ2v) is 11.5. The average Bonchev–Trinajstić information content (AvgIpc) is 3.55. The van der Waals surface area contributed by atoms with Crippen molar-refractivity contribution in [1.29, 1.82) is 0 Å². The van der Waals surface area contributed by atoms with Crippen molar-refractivity contribution in [3.05, 3.63) is 101 Å². The summed E-state index contributed by atoms with van der Waals surface area (Å²) in [5.74, 6) is -3.15. The van der Waals surface area contributed by atoms with E-state index in [1.165, 1.54) is 29.2 Å². The number of nitrogens with zero attached hydrogens (tertiary/aromatic N) is 1. The van der Waals surface area contributed by atoms with Crippen molar-refractivity contribution in [2.45, 2.75) is 25.4 Å². The van der Waals surface area contributed by atoms with Gasteiger partial charge < -0.3 is 24.6 Å². The summed E-state index contributed by atoms with van der Waals surface area (Å²) in [5.41, 5.74) is 5.06. The Kier molecular flexibility index (Phi) is 8.51. The lowest BCUT2D eigenvalue weighted by molar-refractivity contribution is -0.122. The number of benzene rings is 3. The van der Waals surface area contributed by atoms with Crippen LogP contribution in [-0.4, -0.2) is 60.5 Å². The van der Waals surface area contributed by atoms with Crippen molar-refractivity contribution >= 4 is 41.7 Å². The van der Waals surface area contributed by atoms with Gasteiger partial charge in [0.2, 0.25) is 11.8 Å². The molecular weight excluding hydrogens is 564 g/mol. The fraction of sp³-hybridized carbons (Fsp3) is 0.294. The molecule has 0 radical (unpaired) electrons. The van der Waals surface area contributed by atoms with Crippen LogP contribution in [0, 0.1) is 23.6 Å². The molecule has 3 aromatic rings. The summed E-state index contributed by atoms with van der Waals surface area (Å²) in [5, 5.41) is 28.9. The Bertz CT molecular complexity index is 1640. The highest BCUT2D eigenvalue weighted by Crippen LogP contribution is 2.50. The Balaban J connectivity index is 1.28. The first-order valence-corrected chi connectivity index (χ1v) is 14.7. The third kappa shape index (κ3) is 5.62. The fourth-order valence-electron chi connectivity index (χ4n) is 6.91. The number of carbonyl (C=O) groups excluding carboxylic acids is 2. The number of amides is 2. The number of ether oxygens (including phenoxy) is 2. The predicted octanol–water partition coefficient (Wildman–Crippen LogP) is 3.70. The molecule has 1 aliphatic carbocycles. The SMILES string of the molecule is COCC1=C2[C@@H](CC/C(=C/c3ccc(O)c(F)c3)c3ccccc3)OC[C@@H]2[C@@H]2C(=O)N(c3cccc(B(O)O)c3)C(=O)[C@@H]2C1. The van der Waals surface area contributed by atoms with E-state index in [4.69, 9.17) is 9.47 Å². The molecule has 226 valence electrons. The molecule has 0 aromatic heterocycles. The van der Waals surface area contributed by atoms with Crippen LogP contribution in [0.25, 0.3) is 11.6 Å². The van der Waals surface area contributed by atoms with E-state index >= 15 is 0 Å². The summed E-state index contributed by atoms with van der Waals surface area (Å²) in [6.07, 6.45) is 3.18. The fourth-order valence-corrected chi connectivity index (χ4v) is 6.91. The van der Waals surface area contributed by atoms with Gasteiger partial charge in [-0.3, -0.25) is 14.5 Å². The van der Waals surface area contributed by atoms with E-state index in [1.807, 2.05) is 36.4 Å². The molecule has 8 nitrogen and oxygen atoms in total. The highest BCUT2D eigenvalue weighted by Gasteiger charge is 2.57. The Hall–Kier alpha value is -4.09. The first-order chi connectivity index (χ1) is 21.3. The minimum Gasteiger partial charge on any atom is -0.505 e. The Morgan fingerprint density at radius 2 is 1.84 bits per heavy atom. The molecule has 4 atom stereocenters. The predicted molar refractivity (Wildman–Crippen MR) is 164 cm³/mol. The second kappa shape index (κ2) is 12.5. The van der Waals surface area contributed by atoms with E-state index in [-0.39, 0.29) is 29.3 Å². The molecule has 2 heterocycles. The van der Waals surface area contributed by atoms with Gasteiger partial charge in [-0.1, -0.05) is 54.6 Å². The molecule has 2 amide bonds. The standard InChI is InChI=1S/C34H33BFNO7/c1-43-18-23-16-26-32(34(40)37(33(26)39)25-9-5-8-24(17-25)35(41)42)27-19-44-30(31(23)27)13-11-22(21-6-3-2-4-7-21)14-20-10-12-29(38)28(36)15-20/h2-10,12,14-15,17,26-27,30,32,38,41-42H,11,13,16,18-19H2,1H3/b22-14-/t26-,27+,30-,32-/m1/s1. The highest BCUT2D eigenvalue weighted by molar-refractivity contribution is 6.58. The van der Waals surface area contributed by atoms with E-state index in [0.717, 1.165) is 22.3 Å². The number of rotatable bonds is 9. The smallest absolute Gasteiger partial charge is 0.488 e. The second-order valence-electron chi connectivity index (χ2n) is 11.5. The zero-order valence-corrected chi connectivity index (χ0v) is 24.2. The zero-order valence-electron chi connectivity index (χ0n) is 24.2. The lowest BCUT2D eigenvalue weighted by Crippen LogP contribution is -2.36. The minimum absolute atomic E-state index is 0.193. The van der Waals surface area contributed by atoms with Crippen molar-refractivity contribution in [2.24, 2.45) is 17.8 Å². The Morgan fingerprint density at radius 1 is 1.05 bits per heavy atom. The molecule has 2 aliphatic heterocycles. The molecule has 3 aromatic carbocycles. The molecule has 3 aliphatic rings. The van der Waals surface area contributed by atoms with Crippen molar-refractivity contribution in [3.8, 4) is 5.75 Å². The molecule has 0 bridgehead atoms. The number of imide groups is 1. The zero-order chi connectivity index (χ0) is 31.0. The third-order valence-corrected chi connectivity index (χ3v) is 8.89. The van der Waals surface area contributed by atoms with Crippen LogP contribution in [0.3, 0.4) is 0 Å². The number of phenols is 1. The maximum absolute atomic E-state index is 14.1. The van der Waals surface area contributed by atoms with Crippen molar-refractivity contribution < 1.29 is 38.6 Å². The summed E-state index contributed by atoms with van der Waals surface area (Å²) in [6, 6.07) is 20.3. The molecule has 3 N–H and O–H groups in total. The number of carbonyl (C=O) groups is 2. The maximum Gasteiger partial charge on any atom is 0.488 e. The van der Waals surface area contributed by atoms with Crippen LogP contribution in [0.2, 0.25) is 0 Å². The molecule has 0 saturated carbocycles. The number of hydrogen-bond acceptors (Lipinski definition) is 7. The minimum atomic E-state index is -1.72. The van der Waals surface area contributed by atoms with Gasteiger partial charge in [0, 0.05) is 13.0 Å². The summed E-state index contributed by atoms with van der Waals surface area (Å²) in [7, 11) is -0.120.